The van der Waals surface area contributed by atoms with Crippen molar-refractivity contribution in [2.75, 3.05) is 0 Å². The lowest BCUT2D eigenvalue weighted by atomic mass is 9.83. The molecule has 0 radical (unpaired) electrons. The monoisotopic (exact) mass is 340 g/mol. The summed E-state index contributed by atoms with van der Waals surface area (Å²) in [4.78, 5) is 1.79. The van der Waals surface area contributed by atoms with Crippen LogP contribution in [0.2, 0.25) is 0 Å². The summed E-state index contributed by atoms with van der Waals surface area (Å²) in [7, 11) is 0. The van der Waals surface area contributed by atoms with Gasteiger partial charge in [-0.1, -0.05) is 73.0 Å². The van der Waals surface area contributed by atoms with Crippen LogP contribution in [0.5, 0.6) is 0 Å². The van der Waals surface area contributed by atoms with Crippen LogP contribution in [0, 0.1) is 0 Å². The molecule has 0 amide bonds. The Morgan fingerprint density at radius 3 is 0.917 bits per heavy atom. The van der Waals surface area contributed by atoms with E-state index < -0.39 is 0 Å². The summed E-state index contributed by atoms with van der Waals surface area (Å²) in [5.41, 5.74) is 4.32. The summed E-state index contributed by atoms with van der Waals surface area (Å²) in [6.07, 6.45) is 0. The zero-order chi connectivity index (χ0) is 16.3. The first-order valence-electron chi connectivity index (χ1n) is 7.87. The first kappa shape index (κ1) is 14.0. The third kappa shape index (κ3) is 1.90. The van der Waals surface area contributed by atoms with Gasteiger partial charge in [0.25, 0.3) is 0 Å². The van der Waals surface area contributed by atoms with E-state index in [1.807, 2.05) is 0 Å². The van der Waals surface area contributed by atoms with Crippen LogP contribution in [0.15, 0.2) is 72.8 Å². The van der Waals surface area contributed by atoms with E-state index in [1.54, 1.807) is 0 Å². The predicted octanol–water partition coefficient (Wildman–Crippen LogP) is 5.84. The summed E-state index contributed by atoms with van der Waals surface area (Å²) in [5.74, 6) is 0. The van der Waals surface area contributed by atoms with Gasteiger partial charge in [0.15, 0.2) is 0 Å². The molecule has 0 aliphatic heterocycles. The fraction of sp³-hybridized carbons (Fsp3) is 0. The first-order valence-corrected chi connectivity index (χ1v) is 8.69. The van der Waals surface area contributed by atoms with Crippen LogP contribution < -0.4 is 0 Å². The third-order valence-corrected chi connectivity index (χ3v) is 5.63. The van der Waals surface area contributed by atoms with Crippen molar-refractivity contribution < 1.29 is 0 Å². The van der Waals surface area contributed by atoms with Gasteiger partial charge >= 0.3 is 0 Å². The Bertz CT molecular complexity index is 1000. The summed E-state index contributed by atoms with van der Waals surface area (Å²) in [5, 5.41) is 4.80. The molecule has 0 bridgehead atoms. The van der Waals surface area contributed by atoms with E-state index in [0.717, 1.165) is 32.0 Å². The molecule has 5 rings (SSSR count). The largest absolute Gasteiger partial charge is 0.0787 e. The molecule has 0 nitrogen and oxygen atoms in total. The second-order valence-corrected chi connectivity index (χ2v) is 6.96. The normalized spacial score (nSPS) is 13.2. The van der Waals surface area contributed by atoms with Gasteiger partial charge in [0.1, 0.15) is 0 Å². The molecule has 0 saturated heterocycles. The molecule has 0 spiro atoms. The van der Waals surface area contributed by atoms with Crippen molar-refractivity contribution in [2.45, 2.75) is 0 Å². The van der Waals surface area contributed by atoms with E-state index in [2.05, 4.69) is 72.8 Å². The maximum Gasteiger partial charge on any atom is 0.0535 e. The highest BCUT2D eigenvalue weighted by molar-refractivity contribution is 7.82. The lowest BCUT2D eigenvalue weighted by Gasteiger charge is -2.23. The van der Waals surface area contributed by atoms with E-state index in [1.165, 1.54) is 21.5 Å². The molecule has 4 aromatic carbocycles. The number of rotatable bonds is 0. The van der Waals surface area contributed by atoms with E-state index in [-0.39, 0.29) is 0 Å². The Labute approximate surface area is 150 Å². The van der Waals surface area contributed by atoms with Crippen molar-refractivity contribution in [1.82, 2.24) is 0 Å². The molecule has 4 aromatic rings. The van der Waals surface area contributed by atoms with Gasteiger partial charge in [0.2, 0.25) is 0 Å². The second kappa shape index (κ2) is 5.04. The summed E-state index contributed by atoms with van der Waals surface area (Å²) in [6, 6.07) is 25.4. The molecule has 0 heterocycles. The topological polar surface area (TPSA) is 0 Å². The smallest absolute Gasteiger partial charge is 0.0535 e. The summed E-state index contributed by atoms with van der Waals surface area (Å²) in [6.45, 7) is 0. The van der Waals surface area contributed by atoms with Crippen LogP contribution in [0.1, 0.15) is 22.3 Å². The van der Waals surface area contributed by atoms with Gasteiger partial charge in [-0.3, -0.25) is 0 Å². The van der Waals surface area contributed by atoms with Crippen molar-refractivity contribution >= 4 is 55.7 Å². The standard InChI is InChI=1S/C22H12S2/c23-21-17-9-13-5-1-2-6-14(13)10-18(17)22(24)20-12-16-8-4-3-7-15(16)11-19(20)21/h1-12H. The average Bonchev–Trinajstić information content (AvgIpc) is 2.64. The van der Waals surface area contributed by atoms with Gasteiger partial charge in [0, 0.05) is 22.3 Å². The zero-order valence-corrected chi connectivity index (χ0v) is 14.4. The molecule has 2 heteroatoms. The Kier molecular flexibility index (Phi) is 2.93. The van der Waals surface area contributed by atoms with Gasteiger partial charge < -0.3 is 0 Å². The third-order valence-electron chi connectivity index (χ3n) is 4.75. The zero-order valence-electron chi connectivity index (χ0n) is 12.7. The fourth-order valence-corrected chi connectivity index (χ4v) is 4.20. The van der Waals surface area contributed by atoms with Crippen LogP contribution in [-0.4, -0.2) is 9.73 Å². The minimum Gasteiger partial charge on any atom is -0.0787 e. The van der Waals surface area contributed by atoms with E-state index >= 15 is 0 Å². The Morgan fingerprint density at radius 2 is 0.667 bits per heavy atom. The van der Waals surface area contributed by atoms with Crippen LogP contribution in [0.25, 0.3) is 21.5 Å². The van der Waals surface area contributed by atoms with Gasteiger partial charge in [0.05, 0.1) is 9.73 Å². The molecule has 1 aliphatic carbocycles. The maximum absolute atomic E-state index is 5.83. The van der Waals surface area contributed by atoms with Gasteiger partial charge in [-0.25, -0.2) is 0 Å². The molecule has 112 valence electrons. The van der Waals surface area contributed by atoms with Crippen molar-refractivity contribution in [2.24, 2.45) is 0 Å². The summed E-state index contributed by atoms with van der Waals surface area (Å²) >= 11 is 11.7. The minimum atomic E-state index is 0.894. The number of hydrogen-bond donors (Lipinski definition) is 0. The number of hydrogen-bond acceptors (Lipinski definition) is 2. The van der Waals surface area contributed by atoms with Gasteiger partial charge in [-0.15, -0.1) is 0 Å². The molecule has 0 N–H and O–H groups in total. The quantitative estimate of drug-likeness (QED) is 0.325. The Hall–Kier alpha value is -2.42. The lowest BCUT2D eigenvalue weighted by molar-refractivity contribution is 1.58. The molecule has 0 fully saturated rings. The van der Waals surface area contributed by atoms with Crippen LogP contribution >= 0.6 is 24.4 Å². The highest BCUT2D eigenvalue weighted by atomic mass is 32.1. The van der Waals surface area contributed by atoms with Gasteiger partial charge in [-0.05, 0) is 45.8 Å². The van der Waals surface area contributed by atoms with Crippen LogP contribution in [0.3, 0.4) is 0 Å². The Balaban J connectivity index is 1.84. The Morgan fingerprint density at radius 1 is 0.417 bits per heavy atom. The molecule has 0 saturated carbocycles. The van der Waals surface area contributed by atoms with Gasteiger partial charge in [-0.2, -0.15) is 0 Å². The second-order valence-electron chi connectivity index (χ2n) is 6.15. The highest BCUT2D eigenvalue weighted by Gasteiger charge is 2.25. The fourth-order valence-electron chi connectivity index (χ4n) is 3.52. The molecule has 1 aliphatic rings. The van der Waals surface area contributed by atoms with Crippen molar-refractivity contribution in [3.8, 4) is 0 Å². The van der Waals surface area contributed by atoms with E-state index in [4.69, 9.17) is 24.4 Å². The predicted molar refractivity (Wildman–Crippen MR) is 110 cm³/mol. The summed E-state index contributed by atoms with van der Waals surface area (Å²) < 4.78 is 0. The molecule has 0 atom stereocenters. The minimum absolute atomic E-state index is 0.894. The van der Waals surface area contributed by atoms with E-state index in [9.17, 15) is 0 Å². The molecular weight excluding hydrogens is 328 g/mol. The molecule has 0 unspecified atom stereocenters. The van der Waals surface area contributed by atoms with Crippen molar-refractivity contribution in [3.05, 3.63) is 95.1 Å². The molecular formula is C22H12S2. The first-order chi connectivity index (χ1) is 11.7. The van der Waals surface area contributed by atoms with E-state index in [0.29, 0.717) is 0 Å². The average molecular weight is 340 g/mol. The number of benzene rings is 4. The SMILES string of the molecule is S=C1c2cc3ccccc3cc2C(=S)c2cc3ccccc3cc21. The number of thiocarbonyl (C=S) groups is 2. The van der Waals surface area contributed by atoms with Crippen LogP contribution in [-0.2, 0) is 0 Å². The van der Waals surface area contributed by atoms with Crippen molar-refractivity contribution in [1.29, 1.82) is 0 Å². The number of fused-ring (bicyclic) bond motifs is 4. The molecule has 24 heavy (non-hydrogen) atoms. The lowest BCUT2D eigenvalue weighted by Crippen LogP contribution is -2.19. The highest BCUT2D eigenvalue weighted by Crippen LogP contribution is 2.34. The van der Waals surface area contributed by atoms with Crippen LogP contribution in [0.4, 0.5) is 0 Å². The van der Waals surface area contributed by atoms with Crippen molar-refractivity contribution in [3.63, 3.8) is 0 Å². The molecule has 0 aromatic heterocycles. The maximum atomic E-state index is 5.83.